The van der Waals surface area contributed by atoms with E-state index in [2.05, 4.69) is 27.0 Å². The fraction of sp³-hybridized carbons (Fsp3) is 0.286. The second-order valence-corrected chi connectivity index (χ2v) is 6.68. The second kappa shape index (κ2) is 4.69. The Labute approximate surface area is 123 Å². The molecule has 0 radical (unpaired) electrons. The Morgan fingerprint density at radius 2 is 2.26 bits per heavy atom. The third-order valence-electron chi connectivity index (χ3n) is 3.34. The van der Waals surface area contributed by atoms with Crippen LogP contribution in [0.4, 0.5) is 4.39 Å². The summed E-state index contributed by atoms with van der Waals surface area (Å²) < 4.78 is 14.6. The maximum absolute atomic E-state index is 13.8. The number of hydrogen-bond acceptors (Lipinski definition) is 3. The van der Waals surface area contributed by atoms with Crippen LogP contribution in [0, 0.1) is 22.6 Å². The first-order valence-corrected chi connectivity index (χ1v) is 7.60. The first-order valence-electron chi connectivity index (χ1n) is 5.93. The molecular weight excluding hydrogens is 327 g/mol. The van der Waals surface area contributed by atoms with Gasteiger partial charge >= 0.3 is 0 Å². The molecular formula is C14H10BrFN2S. The van der Waals surface area contributed by atoms with Crippen molar-refractivity contribution >= 4 is 27.3 Å². The molecule has 5 heteroatoms. The summed E-state index contributed by atoms with van der Waals surface area (Å²) in [5.74, 6) is -0.276. The van der Waals surface area contributed by atoms with E-state index in [0.717, 1.165) is 22.3 Å². The molecule has 0 bridgehead atoms. The molecule has 96 valence electrons. The van der Waals surface area contributed by atoms with Crippen molar-refractivity contribution in [3.63, 3.8) is 0 Å². The number of hydrogen-bond donors (Lipinski definition) is 0. The fourth-order valence-electron chi connectivity index (χ4n) is 1.98. The molecule has 19 heavy (non-hydrogen) atoms. The number of halogens is 2. The van der Waals surface area contributed by atoms with Crippen molar-refractivity contribution in [1.82, 2.24) is 4.98 Å². The van der Waals surface area contributed by atoms with Gasteiger partial charge in [0.25, 0.3) is 0 Å². The lowest BCUT2D eigenvalue weighted by Gasteiger charge is -2.02. The van der Waals surface area contributed by atoms with Gasteiger partial charge in [-0.15, -0.1) is 11.3 Å². The standard InChI is InChI=1S/C14H10BrFN2S/c15-9-1-2-11(16)10(5-9)12-7-19-13(18-12)6-14(8-17)3-4-14/h1-2,5,7H,3-4,6H2. The van der Waals surface area contributed by atoms with Gasteiger partial charge < -0.3 is 0 Å². The number of nitrogens with zero attached hydrogens (tertiary/aromatic N) is 2. The summed E-state index contributed by atoms with van der Waals surface area (Å²) in [7, 11) is 0. The van der Waals surface area contributed by atoms with Gasteiger partial charge in [-0.2, -0.15) is 5.26 Å². The summed E-state index contributed by atoms with van der Waals surface area (Å²) in [6.45, 7) is 0. The summed E-state index contributed by atoms with van der Waals surface area (Å²) in [4.78, 5) is 4.46. The maximum Gasteiger partial charge on any atom is 0.132 e. The van der Waals surface area contributed by atoms with Crippen LogP contribution in [-0.4, -0.2) is 4.98 Å². The zero-order valence-electron chi connectivity index (χ0n) is 9.99. The first-order chi connectivity index (χ1) is 9.12. The van der Waals surface area contributed by atoms with E-state index in [1.165, 1.54) is 17.4 Å². The Morgan fingerprint density at radius 1 is 1.47 bits per heavy atom. The number of nitriles is 1. The van der Waals surface area contributed by atoms with E-state index in [9.17, 15) is 4.39 Å². The molecule has 3 rings (SSSR count). The summed E-state index contributed by atoms with van der Waals surface area (Å²) >= 11 is 4.83. The highest BCUT2D eigenvalue weighted by Crippen LogP contribution is 2.48. The Bertz CT molecular complexity index is 670. The van der Waals surface area contributed by atoms with Crippen LogP contribution in [0.1, 0.15) is 17.8 Å². The molecule has 1 aromatic carbocycles. The molecule has 0 spiro atoms. The largest absolute Gasteiger partial charge is 0.241 e. The van der Waals surface area contributed by atoms with Crippen LogP contribution >= 0.6 is 27.3 Å². The van der Waals surface area contributed by atoms with Crippen molar-refractivity contribution in [2.75, 3.05) is 0 Å². The van der Waals surface area contributed by atoms with Gasteiger partial charge in [-0.1, -0.05) is 15.9 Å². The van der Waals surface area contributed by atoms with Crippen LogP contribution in [0.5, 0.6) is 0 Å². The van der Waals surface area contributed by atoms with Crippen molar-refractivity contribution < 1.29 is 4.39 Å². The molecule has 0 amide bonds. The minimum atomic E-state index is -0.276. The molecule has 1 aliphatic rings. The highest BCUT2D eigenvalue weighted by atomic mass is 79.9. The summed E-state index contributed by atoms with van der Waals surface area (Å²) in [6, 6.07) is 7.18. The highest BCUT2D eigenvalue weighted by Gasteiger charge is 2.43. The zero-order valence-corrected chi connectivity index (χ0v) is 12.4. The van der Waals surface area contributed by atoms with E-state index in [0.29, 0.717) is 17.7 Å². The molecule has 0 saturated heterocycles. The molecule has 0 unspecified atom stereocenters. The smallest absolute Gasteiger partial charge is 0.132 e. The Morgan fingerprint density at radius 3 is 2.95 bits per heavy atom. The van der Waals surface area contributed by atoms with Gasteiger partial charge in [-0.3, -0.25) is 0 Å². The Kier molecular flexibility index (Phi) is 3.15. The molecule has 1 saturated carbocycles. The van der Waals surface area contributed by atoms with Gasteiger partial charge in [-0.05, 0) is 31.0 Å². The van der Waals surface area contributed by atoms with Crippen LogP contribution in [0.15, 0.2) is 28.1 Å². The van der Waals surface area contributed by atoms with Crippen LogP contribution < -0.4 is 0 Å². The topological polar surface area (TPSA) is 36.7 Å². The van der Waals surface area contributed by atoms with Gasteiger partial charge in [0.15, 0.2) is 0 Å². The van der Waals surface area contributed by atoms with Crippen LogP contribution in [0.2, 0.25) is 0 Å². The van der Waals surface area contributed by atoms with E-state index in [4.69, 9.17) is 5.26 Å². The molecule has 2 nitrogen and oxygen atoms in total. The minimum Gasteiger partial charge on any atom is -0.241 e. The average Bonchev–Trinajstić information content (AvgIpc) is 3.02. The van der Waals surface area contributed by atoms with E-state index in [-0.39, 0.29) is 11.2 Å². The van der Waals surface area contributed by atoms with Crippen LogP contribution in [0.25, 0.3) is 11.3 Å². The Hall–Kier alpha value is -1.25. The summed E-state index contributed by atoms with van der Waals surface area (Å²) in [5.41, 5.74) is 0.941. The molecule has 0 atom stereocenters. The van der Waals surface area contributed by atoms with Crippen molar-refractivity contribution in [1.29, 1.82) is 5.26 Å². The van der Waals surface area contributed by atoms with Gasteiger partial charge in [-0.25, -0.2) is 9.37 Å². The van der Waals surface area contributed by atoms with Crippen LogP contribution in [0.3, 0.4) is 0 Å². The van der Waals surface area contributed by atoms with E-state index < -0.39 is 0 Å². The number of rotatable bonds is 3. The number of thiazole rings is 1. The van der Waals surface area contributed by atoms with Crippen molar-refractivity contribution in [2.45, 2.75) is 19.3 Å². The van der Waals surface area contributed by atoms with Crippen LogP contribution in [-0.2, 0) is 6.42 Å². The third-order valence-corrected chi connectivity index (χ3v) is 4.68. The zero-order chi connectivity index (χ0) is 13.5. The quantitative estimate of drug-likeness (QED) is 0.823. The lowest BCUT2D eigenvalue weighted by molar-refractivity contribution is 0.630. The highest BCUT2D eigenvalue weighted by molar-refractivity contribution is 9.10. The molecule has 1 fully saturated rings. The lowest BCUT2D eigenvalue weighted by atomic mass is 10.1. The molecule has 2 aromatic rings. The molecule has 1 aromatic heterocycles. The SMILES string of the molecule is N#CC1(Cc2nc(-c3cc(Br)ccc3F)cs2)CC1. The molecule has 0 aliphatic heterocycles. The summed E-state index contributed by atoms with van der Waals surface area (Å²) in [6.07, 6.45) is 2.58. The predicted molar refractivity (Wildman–Crippen MR) is 76.2 cm³/mol. The van der Waals surface area contributed by atoms with Crippen molar-refractivity contribution in [3.8, 4) is 17.3 Å². The van der Waals surface area contributed by atoms with Crippen molar-refractivity contribution in [3.05, 3.63) is 38.9 Å². The van der Waals surface area contributed by atoms with E-state index >= 15 is 0 Å². The van der Waals surface area contributed by atoms with E-state index in [1.807, 2.05) is 5.38 Å². The van der Waals surface area contributed by atoms with Gasteiger partial charge in [0.05, 0.1) is 22.2 Å². The van der Waals surface area contributed by atoms with Gasteiger partial charge in [0, 0.05) is 21.8 Å². The molecule has 0 N–H and O–H groups in total. The number of aromatic nitrogens is 1. The summed E-state index contributed by atoms with van der Waals surface area (Å²) in [5, 5.41) is 11.8. The van der Waals surface area contributed by atoms with E-state index in [1.54, 1.807) is 12.1 Å². The fourth-order valence-corrected chi connectivity index (χ4v) is 3.28. The predicted octanol–water partition coefficient (Wildman–Crippen LogP) is 4.56. The molecule has 1 heterocycles. The van der Waals surface area contributed by atoms with Gasteiger partial charge in [0.1, 0.15) is 5.82 Å². The monoisotopic (exact) mass is 336 g/mol. The maximum atomic E-state index is 13.8. The van der Waals surface area contributed by atoms with Crippen molar-refractivity contribution in [2.24, 2.45) is 5.41 Å². The lowest BCUT2D eigenvalue weighted by Crippen LogP contribution is -2.00. The average molecular weight is 337 g/mol. The third kappa shape index (κ3) is 2.56. The normalized spacial score (nSPS) is 16.1. The Balaban J connectivity index is 1.89. The second-order valence-electron chi connectivity index (χ2n) is 4.82. The number of benzene rings is 1. The van der Waals surface area contributed by atoms with Gasteiger partial charge in [0.2, 0.25) is 0 Å². The first kappa shape index (κ1) is 12.8. The molecule has 1 aliphatic carbocycles. The minimum absolute atomic E-state index is 0.203.